The first-order valence-corrected chi connectivity index (χ1v) is 8.21. The molecule has 1 aromatic rings. The molecule has 1 aliphatic rings. The summed E-state index contributed by atoms with van der Waals surface area (Å²) in [5.41, 5.74) is 6.56. The maximum atomic E-state index is 12.5. The largest absolute Gasteiger partial charge is 0.398 e. The average Bonchev–Trinajstić information content (AvgIpc) is 2.30. The minimum absolute atomic E-state index is 0.107. The van der Waals surface area contributed by atoms with Crippen molar-refractivity contribution in [3.63, 3.8) is 0 Å². The minimum Gasteiger partial charge on any atom is -0.398 e. The number of hydrogen-bond acceptors (Lipinski definition) is 4. The van der Waals surface area contributed by atoms with E-state index >= 15 is 0 Å². The Balaban J connectivity index is 2.21. The van der Waals surface area contributed by atoms with Crippen LogP contribution in [-0.2, 0) is 14.8 Å². The standard InChI is InChI=1S/C14H22N2O3S/c1-10-12(15)5-4-6-13(10)20(17,18)16-11-7-8-19-14(2,3)9-11/h4-6,11,16H,7-9,15H2,1-3H3. The van der Waals surface area contributed by atoms with E-state index in [-0.39, 0.29) is 16.5 Å². The van der Waals surface area contributed by atoms with Crippen molar-refractivity contribution in [2.45, 2.75) is 50.2 Å². The van der Waals surface area contributed by atoms with Crippen LogP contribution in [0.25, 0.3) is 0 Å². The molecule has 0 bridgehead atoms. The molecule has 1 heterocycles. The predicted molar refractivity (Wildman–Crippen MR) is 79.0 cm³/mol. The molecule has 1 unspecified atom stereocenters. The van der Waals surface area contributed by atoms with Gasteiger partial charge in [-0.1, -0.05) is 6.07 Å². The van der Waals surface area contributed by atoms with Crippen LogP contribution in [0.1, 0.15) is 32.3 Å². The highest BCUT2D eigenvalue weighted by molar-refractivity contribution is 7.89. The number of nitrogens with two attached hydrogens (primary N) is 1. The molecule has 3 N–H and O–H groups in total. The number of ether oxygens (including phenoxy) is 1. The molecule has 0 saturated carbocycles. The number of nitrogens with one attached hydrogen (secondary N) is 1. The van der Waals surface area contributed by atoms with E-state index < -0.39 is 10.0 Å². The van der Waals surface area contributed by atoms with Crippen LogP contribution in [-0.4, -0.2) is 26.7 Å². The Bertz CT molecular complexity index is 596. The van der Waals surface area contributed by atoms with Crippen molar-refractivity contribution < 1.29 is 13.2 Å². The van der Waals surface area contributed by atoms with Crippen molar-refractivity contribution >= 4 is 15.7 Å². The lowest BCUT2D eigenvalue weighted by Crippen LogP contribution is -2.45. The zero-order valence-electron chi connectivity index (χ0n) is 12.1. The van der Waals surface area contributed by atoms with Gasteiger partial charge in [0.1, 0.15) is 0 Å². The normalized spacial score (nSPS) is 22.6. The summed E-state index contributed by atoms with van der Waals surface area (Å²) >= 11 is 0. The third-order valence-electron chi connectivity index (χ3n) is 3.63. The first kappa shape index (κ1) is 15.3. The summed E-state index contributed by atoms with van der Waals surface area (Å²) in [4.78, 5) is 0.252. The van der Waals surface area contributed by atoms with Crippen molar-refractivity contribution in [1.82, 2.24) is 4.72 Å². The number of sulfonamides is 1. The maximum absolute atomic E-state index is 12.5. The lowest BCUT2D eigenvalue weighted by atomic mass is 9.95. The predicted octanol–water partition coefficient (Wildman–Crippen LogP) is 1.81. The van der Waals surface area contributed by atoms with Crippen LogP contribution < -0.4 is 10.5 Å². The number of anilines is 1. The zero-order valence-corrected chi connectivity index (χ0v) is 13.0. The van der Waals surface area contributed by atoms with Crippen LogP contribution >= 0.6 is 0 Å². The Morgan fingerprint density at radius 1 is 1.40 bits per heavy atom. The molecule has 1 aromatic carbocycles. The SMILES string of the molecule is Cc1c(N)cccc1S(=O)(=O)NC1CCOC(C)(C)C1. The molecule has 0 radical (unpaired) electrons. The van der Waals surface area contributed by atoms with E-state index in [2.05, 4.69) is 4.72 Å². The van der Waals surface area contributed by atoms with Gasteiger partial charge in [-0.25, -0.2) is 13.1 Å². The van der Waals surface area contributed by atoms with Gasteiger partial charge in [-0.15, -0.1) is 0 Å². The van der Waals surface area contributed by atoms with Crippen LogP contribution in [0.15, 0.2) is 23.1 Å². The first-order valence-electron chi connectivity index (χ1n) is 6.73. The molecular weight excluding hydrogens is 276 g/mol. The highest BCUT2D eigenvalue weighted by atomic mass is 32.2. The van der Waals surface area contributed by atoms with Gasteiger partial charge in [-0.05, 0) is 51.3 Å². The van der Waals surface area contributed by atoms with Crippen molar-refractivity contribution in [1.29, 1.82) is 0 Å². The number of nitrogen functional groups attached to an aromatic ring is 1. The van der Waals surface area contributed by atoms with E-state index in [1.807, 2.05) is 13.8 Å². The number of rotatable bonds is 3. The van der Waals surface area contributed by atoms with Gasteiger partial charge in [0.25, 0.3) is 0 Å². The molecule has 2 rings (SSSR count). The summed E-state index contributed by atoms with van der Waals surface area (Å²) in [6.07, 6.45) is 1.34. The zero-order chi connectivity index (χ0) is 15.0. The fourth-order valence-electron chi connectivity index (χ4n) is 2.54. The van der Waals surface area contributed by atoms with E-state index in [4.69, 9.17) is 10.5 Å². The lowest BCUT2D eigenvalue weighted by molar-refractivity contribution is -0.0599. The van der Waals surface area contributed by atoms with Gasteiger partial charge in [0.2, 0.25) is 10.0 Å². The molecule has 0 amide bonds. The van der Waals surface area contributed by atoms with Gasteiger partial charge in [-0.2, -0.15) is 0 Å². The van der Waals surface area contributed by atoms with Crippen molar-refractivity contribution in [2.75, 3.05) is 12.3 Å². The summed E-state index contributed by atoms with van der Waals surface area (Å²) in [5, 5.41) is 0. The van der Waals surface area contributed by atoms with Crippen molar-refractivity contribution in [2.24, 2.45) is 0 Å². The Morgan fingerprint density at radius 3 is 2.75 bits per heavy atom. The molecule has 1 saturated heterocycles. The molecule has 112 valence electrons. The molecule has 0 aliphatic carbocycles. The van der Waals surface area contributed by atoms with Gasteiger partial charge >= 0.3 is 0 Å². The lowest BCUT2D eigenvalue weighted by Gasteiger charge is -2.35. The summed E-state index contributed by atoms with van der Waals surface area (Å²) in [6.45, 7) is 6.23. The molecule has 1 atom stereocenters. The smallest absolute Gasteiger partial charge is 0.241 e. The molecule has 6 heteroatoms. The number of hydrogen-bond donors (Lipinski definition) is 2. The van der Waals surface area contributed by atoms with Crippen LogP contribution in [0.2, 0.25) is 0 Å². The van der Waals surface area contributed by atoms with Crippen LogP contribution in [0.4, 0.5) is 5.69 Å². The third-order valence-corrected chi connectivity index (χ3v) is 5.30. The molecule has 20 heavy (non-hydrogen) atoms. The van der Waals surface area contributed by atoms with E-state index in [0.717, 1.165) is 0 Å². The van der Waals surface area contributed by atoms with Crippen LogP contribution in [0.5, 0.6) is 0 Å². The molecule has 5 nitrogen and oxygen atoms in total. The van der Waals surface area contributed by atoms with Gasteiger partial charge in [0.15, 0.2) is 0 Å². The van der Waals surface area contributed by atoms with E-state index in [0.29, 0.717) is 30.7 Å². The Labute approximate surface area is 120 Å². The van der Waals surface area contributed by atoms with Crippen molar-refractivity contribution in [3.8, 4) is 0 Å². The van der Waals surface area contributed by atoms with Gasteiger partial charge in [-0.3, -0.25) is 0 Å². The molecule has 1 aliphatic heterocycles. The first-order chi connectivity index (χ1) is 9.21. The summed E-state index contributed by atoms with van der Waals surface area (Å²) in [6, 6.07) is 4.83. The quantitative estimate of drug-likeness (QED) is 0.834. The Morgan fingerprint density at radius 2 is 2.10 bits per heavy atom. The summed E-state index contributed by atoms with van der Waals surface area (Å²) in [5.74, 6) is 0. The maximum Gasteiger partial charge on any atom is 0.241 e. The molecule has 0 spiro atoms. The Kier molecular flexibility index (Phi) is 4.09. The van der Waals surface area contributed by atoms with E-state index in [1.54, 1.807) is 25.1 Å². The van der Waals surface area contributed by atoms with Gasteiger partial charge in [0, 0.05) is 18.3 Å². The third kappa shape index (κ3) is 3.31. The molecule has 1 fully saturated rings. The average molecular weight is 298 g/mol. The Hall–Kier alpha value is -1.11. The summed E-state index contributed by atoms with van der Waals surface area (Å²) in [7, 11) is -3.55. The second-order valence-corrected chi connectivity index (χ2v) is 7.57. The second kappa shape index (κ2) is 5.35. The van der Waals surface area contributed by atoms with Crippen LogP contribution in [0.3, 0.4) is 0 Å². The second-order valence-electron chi connectivity index (χ2n) is 5.89. The number of benzene rings is 1. The molecular formula is C14H22N2O3S. The van der Waals surface area contributed by atoms with Gasteiger partial charge in [0.05, 0.1) is 10.5 Å². The minimum atomic E-state index is -3.55. The van der Waals surface area contributed by atoms with Crippen molar-refractivity contribution in [3.05, 3.63) is 23.8 Å². The van der Waals surface area contributed by atoms with E-state index in [9.17, 15) is 8.42 Å². The fraction of sp³-hybridized carbons (Fsp3) is 0.571. The monoisotopic (exact) mass is 298 g/mol. The van der Waals surface area contributed by atoms with Crippen LogP contribution in [0, 0.1) is 6.92 Å². The fourth-order valence-corrected chi connectivity index (χ4v) is 4.08. The topological polar surface area (TPSA) is 81.4 Å². The van der Waals surface area contributed by atoms with Gasteiger partial charge < -0.3 is 10.5 Å². The highest BCUT2D eigenvalue weighted by Gasteiger charge is 2.32. The van der Waals surface area contributed by atoms with E-state index in [1.165, 1.54) is 0 Å². The highest BCUT2D eigenvalue weighted by Crippen LogP contribution is 2.26. The summed E-state index contributed by atoms with van der Waals surface area (Å²) < 4.78 is 33.3. The molecule has 0 aromatic heterocycles.